The van der Waals surface area contributed by atoms with E-state index in [1.165, 1.54) is 39.2 Å². The minimum absolute atomic E-state index is 0.325. The Kier molecular flexibility index (Phi) is 4.40. The third kappa shape index (κ3) is 3.69. The zero-order valence-corrected chi connectivity index (χ0v) is 11.7. The molecule has 1 aromatic heterocycles. The first kappa shape index (κ1) is 13.8. The molecule has 1 heterocycles. The molecular weight excluding hydrogens is 240 g/mol. The lowest BCUT2D eigenvalue weighted by atomic mass is 9.76. The fourth-order valence-electron chi connectivity index (χ4n) is 2.66. The smallest absolute Gasteiger partial charge is 0.338 e. The molecule has 0 aromatic carbocycles. The molecule has 104 valence electrons. The predicted octanol–water partition coefficient (Wildman–Crippen LogP) is 3.25. The van der Waals surface area contributed by atoms with E-state index >= 15 is 0 Å². The average molecular weight is 262 g/mol. The standard InChI is InChI=1S/C15H22N2O2/c1-15(7-4-3-5-8-15)11-17-13-10-12(6-9-16-13)14(18)19-2/h6,9-10H,3-5,7-8,11H2,1-2H3,(H,16,17). The first-order valence-corrected chi connectivity index (χ1v) is 6.91. The van der Waals surface area contributed by atoms with Crippen LogP contribution in [0.1, 0.15) is 49.4 Å². The van der Waals surface area contributed by atoms with Gasteiger partial charge in [-0.25, -0.2) is 9.78 Å². The van der Waals surface area contributed by atoms with Crippen LogP contribution in [0.4, 0.5) is 5.82 Å². The Bertz CT molecular complexity index is 440. The van der Waals surface area contributed by atoms with Gasteiger partial charge in [0.1, 0.15) is 5.82 Å². The number of carbonyl (C=O) groups excluding carboxylic acids is 1. The van der Waals surface area contributed by atoms with Crippen LogP contribution >= 0.6 is 0 Å². The van der Waals surface area contributed by atoms with Crippen molar-refractivity contribution in [1.29, 1.82) is 0 Å². The summed E-state index contributed by atoms with van der Waals surface area (Å²) in [5.74, 6) is 0.420. The number of hydrogen-bond acceptors (Lipinski definition) is 4. The van der Waals surface area contributed by atoms with Crippen molar-refractivity contribution in [1.82, 2.24) is 4.98 Å². The van der Waals surface area contributed by atoms with E-state index in [1.54, 1.807) is 18.3 Å². The molecule has 0 unspecified atom stereocenters. The van der Waals surface area contributed by atoms with E-state index in [2.05, 4.69) is 17.2 Å². The van der Waals surface area contributed by atoms with Crippen molar-refractivity contribution in [3.8, 4) is 0 Å². The predicted molar refractivity (Wildman–Crippen MR) is 75.3 cm³/mol. The van der Waals surface area contributed by atoms with Gasteiger partial charge in [0, 0.05) is 12.7 Å². The Hall–Kier alpha value is -1.58. The third-order valence-electron chi connectivity index (χ3n) is 3.94. The number of carbonyl (C=O) groups is 1. The van der Waals surface area contributed by atoms with Crippen LogP contribution < -0.4 is 5.32 Å². The van der Waals surface area contributed by atoms with Gasteiger partial charge in [-0.3, -0.25) is 0 Å². The number of methoxy groups -OCH3 is 1. The minimum Gasteiger partial charge on any atom is -0.465 e. The number of rotatable bonds is 4. The summed E-state index contributed by atoms with van der Waals surface area (Å²) in [6.07, 6.45) is 8.14. The fourth-order valence-corrected chi connectivity index (χ4v) is 2.66. The second-order valence-electron chi connectivity index (χ2n) is 5.65. The molecule has 1 aliphatic rings. The molecular formula is C15H22N2O2. The highest BCUT2D eigenvalue weighted by atomic mass is 16.5. The van der Waals surface area contributed by atoms with E-state index in [-0.39, 0.29) is 5.97 Å². The maximum absolute atomic E-state index is 11.5. The quantitative estimate of drug-likeness (QED) is 0.846. The van der Waals surface area contributed by atoms with E-state index in [4.69, 9.17) is 4.74 Å². The van der Waals surface area contributed by atoms with Gasteiger partial charge in [-0.05, 0) is 30.4 Å². The molecule has 2 rings (SSSR count). The minimum atomic E-state index is -0.325. The molecule has 0 spiro atoms. The van der Waals surface area contributed by atoms with Crippen LogP contribution in [-0.4, -0.2) is 24.6 Å². The number of aromatic nitrogens is 1. The Labute approximate surface area is 114 Å². The van der Waals surface area contributed by atoms with Crippen molar-refractivity contribution in [2.24, 2.45) is 5.41 Å². The number of ether oxygens (including phenoxy) is 1. The highest BCUT2D eigenvalue weighted by Crippen LogP contribution is 2.35. The van der Waals surface area contributed by atoms with Crippen molar-refractivity contribution in [3.63, 3.8) is 0 Å². The molecule has 1 saturated carbocycles. The second-order valence-corrected chi connectivity index (χ2v) is 5.65. The summed E-state index contributed by atoms with van der Waals surface area (Å²) in [7, 11) is 1.39. The van der Waals surface area contributed by atoms with Gasteiger partial charge >= 0.3 is 5.97 Å². The number of nitrogens with one attached hydrogen (secondary N) is 1. The van der Waals surface area contributed by atoms with Gasteiger partial charge in [0.05, 0.1) is 12.7 Å². The van der Waals surface area contributed by atoms with Gasteiger partial charge in [0.2, 0.25) is 0 Å². The highest BCUT2D eigenvalue weighted by molar-refractivity contribution is 5.89. The lowest BCUT2D eigenvalue weighted by molar-refractivity contribution is 0.0600. The highest BCUT2D eigenvalue weighted by Gasteiger charge is 2.26. The molecule has 0 saturated heterocycles. The number of hydrogen-bond donors (Lipinski definition) is 1. The molecule has 4 heteroatoms. The molecule has 0 atom stereocenters. The van der Waals surface area contributed by atoms with Crippen molar-refractivity contribution in [3.05, 3.63) is 23.9 Å². The zero-order valence-electron chi connectivity index (χ0n) is 11.7. The summed E-state index contributed by atoms with van der Waals surface area (Å²) in [6.45, 7) is 3.23. The van der Waals surface area contributed by atoms with Crippen LogP contribution in [0.25, 0.3) is 0 Å². The number of nitrogens with zero attached hydrogens (tertiary/aromatic N) is 1. The molecule has 4 nitrogen and oxygen atoms in total. The lowest BCUT2D eigenvalue weighted by Crippen LogP contribution is -2.29. The molecule has 0 amide bonds. The third-order valence-corrected chi connectivity index (χ3v) is 3.94. The van der Waals surface area contributed by atoms with Crippen LogP contribution in [0.3, 0.4) is 0 Å². The summed E-state index contributed by atoms with van der Waals surface area (Å²) >= 11 is 0. The SMILES string of the molecule is COC(=O)c1ccnc(NCC2(C)CCCCC2)c1. The molecule has 0 bridgehead atoms. The average Bonchev–Trinajstić information content (AvgIpc) is 2.45. The molecule has 0 aliphatic heterocycles. The van der Waals surface area contributed by atoms with Crippen LogP contribution in [0, 0.1) is 5.41 Å². The summed E-state index contributed by atoms with van der Waals surface area (Å²) in [4.78, 5) is 15.7. The van der Waals surface area contributed by atoms with Crippen LogP contribution in [0.5, 0.6) is 0 Å². The molecule has 1 aliphatic carbocycles. The maximum atomic E-state index is 11.5. The van der Waals surface area contributed by atoms with Crippen LogP contribution in [0.15, 0.2) is 18.3 Å². The first-order valence-electron chi connectivity index (χ1n) is 6.91. The van der Waals surface area contributed by atoms with Gasteiger partial charge in [0.25, 0.3) is 0 Å². The monoisotopic (exact) mass is 262 g/mol. The number of pyridine rings is 1. The number of anilines is 1. The van der Waals surface area contributed by atoms with Gasteiger partial charge in [-0.15, -0.1) is 0 Å². The summed E-state index contributed by atoms with van der Waals surface area (Å²) in [5.41, 5.74) is 0.884. The Balaban J connectivity index is 1.97. The normalized spacial score (nSPS) is 17.8. The van der Waals surface area contributed by atoms with Gasteiger partial charge in [-0.1, -0.05) is 26.2 Å². The second kappa shape index (κ2) is 6.04. The Morgan fingerprint density at radius 3 is 2.84 bits per heavy atom. The lowest BCUT2D eigenvalue weighted by Gasteiger charge is -2.33. The van der Waals surface area contributed by atoms with Gasteiger partial charge in [0.15, 0.2) is 0 Å². The molecule has 19 heavy (non-hydrogen) atoms. The largest absolute Gasteiger partial charge is 0.465 e. The Morgan fingerprint density at radius 2 is 2.16 bits per heavy atom. The topological polar surface area (TPSA) is 51.2 Å². The maximum Gasteiger partial charge on any atom is 0.338 e. The van der Waals surface area contributed by atoms with Crippen molar-refractivity contribution >= 4 is 11.8 Å². The van der Waals surface area contributed by atoms with Crippen molar-refractivity contribution in [2.45, 2.75) is 39.0 Å². The van der Waals surface area contributed by atoms with Gasteiger partial charge < -0.3 is 10.1 Å². The van der Waals surface area contributed by atoms with E-state index < -0.39 is 0 Å². The Morgan fingerprint density at radius 1 is 1.42 bits per heavy atom. The first-order chi connectivity index (χ1) is 9.13. The molecule has 1 fully saturated rings. The van der Waals surface area contributed by atoms with Crippen LogP contribution in [-0.2, 0) is 4.74 Å². The summed E-state index contributed by atoms with van der Waals surface area (Å²) in [5, 5.41) is 3.36. The zero-order chi connectivity index (χ0) is 13.7. The molecule has 1 aromatic rings. The molecule has 0 radical (unpaired) electrons. The van der Waals surface area contributed by atoms with E-state index in [0.29, 0.717) is 11.0 Å². The summed E-state index contributed by atoms with van der Waals surface area (Å²) in [6, 6.07) is 3.41. The van der Waals surface area contributed by atoms with E-state index in [1.807, 2.05) is 0 Å². The van der Waals surface area contributed by atoms with E-state index in [0.717, 1.165) is 12.4 Å². The van der Waals surface area contributed by atoms with Crippen LogP contribution in [0.2, 0.25) is 0 Å². The molecule has 1 N–H and O–H groups in total. The van der Waals surface area contributed by atoms with Crippen molar-refractivity contribution in [2.75, 3.05) is 19.0 Å². The number of esters is 1. The van der Waals surface area contributed by atoms with E-state index in [9.17, 15) is 4.79 Å². The fraction of sp³-hybridized carbons (Fsp3) is 0.600. The van der Waals surface area contributed by atoms with Gasteiger partial charge in [-0.2, -0.15) is 0 Å². The summed E-state index contributed by atoms with van der Waals surface area (Å²) < 4.78 is 4.71. The van der Waals surface area contributed by atoms with Crippen molar-refractivity contribution < 1.29 is 9.53 Å².